The SMILES string of the molecule is COc1nc2c(c(N3CCCN=C(/C=C(\N)C(=O)N(C)C)C3)n1)COC1(CCc3ccc(O)cc31)C2. The molecular weight excluding hydrogens is 460 g/mol. The van der Waals surface area contributed by atoms with E-state index in [2.05, 4.69) is 9.89 Å². The van der Waals surface area contributed by atoms with Crippen molar-refractivity contribution in [3.05, 3.63) is 52.4 Å². The summed E-state index contributed by atoms with van der Waals surface area (Å²) in [4.78, 5) is 29.9. The van der Waals surface area contributed by atoms with Crippen molar-refractivity contribution in [2.24, 2.45) is 10.7 Å². The second kappa shape index (κ2) is 9.42. The molecule has 3 aliphatic rings. The van der Waals surface area contributed by atoms with Gasteiger partial charge in [-0.3, -0.25) is 9.79 Å². The Hall–Kier alpha value is -3.66. The van der Waals surface area contributed by atoms with Gasteiger partial charge in [0.2, 0.25) is 0 Å². The second-order valence-corrected chi connectivity index (χ2v) is 9.71. The van der Waals surface area contributed by atoms with Gasteiger partial charge in [-0.15, -0.1) is 0 Å². The minimum Gasteiger partial charge on any atom is -0.508 e. The Bertz CT molecular complexity index is 1260. The maximum Gasteiger partial charge on any atom is 0.318 e. The molecule has 1 atom stereocenters. The fourth-order valence-electron chi connectivity index (χ4n) is 5.27. The molecule has 0 saturated heterocycles. The van der Waals surface area contributed by atoms with Gasteiger partial charge in [-0.05, 0) is 48.6 Å². The van der Waals surface area contributed by atoms with Crippen LogP contribution in [0.25, 0.3) is 0 Å². The number of aromatic nitrogens is 2. The summed E-state index contributed by atoms with van der Waals surface area (Å²) in [7, 11) is 4.90. The predicted octanol–water partition coefficient (Wildman–Crippen LogP) is 1.69. The molecule has 10 nitrogen and oxygen atoms in total. The van der Waals surface area contributed by atoms with E-state index in [1.165, 1.54) is 10.5 Å². The number of aryl methyl sites for hydroxylation is 1. The van der Waals surface area contributed by atoms with Crippen molar-refractivity contribution in [3.63, 3.8) is 0 Å². The molecular formula is C26H32N6O4. The lowest BCUT2D eigenvalue weighted by atomic mass is 9.86. The zero-order valence-electron chi connectivity index (χ0n) is 21.0. The molecule has 1 aliphatic carbocycles. The van der Waals surface area contributed by atoms with Gasteiger partial charge < -0.3 is 30.1 Å². The van der Waals surface area contributed by atoms with E-state index in [-0.39, 0.29) is 17.4 Å². The Morgan fingerprint density at radius 3 is 2.94 bits per heavy atom. The van der Waals surface area contributed by atoms with Crippen LogP contribution in [0.15, 0.2) is 35.0 Å². The molecule has 1 aromatic heterocycles. The third kappa shape index (κ3) is 4.37. The monoisotopic (exact) mass is 492 g/mol. The molecule has 1 spiro atoms. The summed E-state index contributed by atoms with van der Waals surface area (Å²) in [6.07, 6.45) is 4.78. The van der Waals surface area contributed by atoms with Crippen molar-refractivity contribution in [3.8, 4) is 11.8 Å². The number of hydrogen-bond donors (Lipinski definition) is 2. The zero-order valence-corrected chi connectivity index (χ0v) is 21.0. The number of hydrogen-bond acceptors (Lipinski definition) is 9. The van der Waals surface area contributed by atoms with Gasteiger partial charge in [0.1, 0.15) is 11.6 Å². The number of likely N-dealkylation sites (N-methyl/N-ethyl adjacent to an activating group) is 1. The van der Waals surface area contributed by atoms with Gasteiger partial charge in [-0.1, -0.05) is 6.07 Å². The van der Waals surface area contributed by atoms with Crippen molar-refractivity contribution in [1.29, 1.82) is 0 Å². The summed E-state index contributed by atoms with van der Waals surface area (Å²) >= 11 is 0. The summed E-state index contributed by atoms with van der Waals surface area (Å²) in [5.74, 6) is 0.735. The van der Waals surface area contributed by atoms with Crippen LogP contribution >= 0.6 is 0 Å². The lowest BCUT2D eigenvalue weighted by molar-refractivity contribution is -0.124. The number of fused-ring (bicyclic) bond motifs is 3. The first-order chi connectivity index (χ1) is 17.3. The molecule has 3 N–H and O–H groups in total. The van der Waals surface area contributed by atoms with E-state index >= 15 is 0 Å². The van der Waals surface area contributed by atoms with Crippen LogP contribution < -0.4 is 15.4 Å². The summed E-state index contributed by atoms with van der Waals surface area (Å²) in [6.45, 7) is 2.17. The molecule has 36 heavy (non-hydrogen) atoms. The van der Waals surface area contributed by atoms with Crippen LogP contribution in [0, 0.1) is 0 Å². The number of ether oxygens (including phenoxy) is 2. The van der Waals surface area contributed by atoms with Crippen LogP contribution in [0.1, 0.15) is 35.2 Å². The molecule has 190 valence electrons. The highest BCUT2D eigenvalue weighted by molar-refractivity contribution is 6.05. The predicted molar refractivity (Wildman–Crippen MR) is 135 cm³/mol. The number of carbonyl (C=O) groups is 1. The zero-order chi connectivity index (χ0) is 25.4. The van der Waals surface area contributed by atoms with Crippen molar-refractivity contribution in [1.82, 2.24) is 14.9 Å². The number of nitrogens with two attached hydrogens (primary N) is 1. The van der Waals surface area contributed by atoms with Crippen LogP contribution in [0.2, 0.25) is 0 Å². The molecule has 2 aliphatic heterocycles. The van der Waals surface area contributed by atoms with E-state index in [9.17, 15) is 9.90 Å². The topological polar surface area (TPSA) is 126 Å². The molecule has 1 aromatic carbocycles. The molecule has 2 aromatic rings. The average molecular weight is 493 g/mol. The van der Waals surface area contributed by atoms with E-state index in [0.29, 0.717) is 32.1 Å². The average Bonchev–Trinajstić information content (AvgIpc) is 3.03. The second-order valence-electron chi connectivity index (χ2n) is 9.71. The maximum atomic E-state index is 12.3. The number of nitrogens with zero attached hydrogens (tertiary/aromatic N) is 5. The molecule has 1 unspecified atom stereocenters. The van der Waals surface area contributed by atoms with Crippen molar-refractivity contribution in [2.75, 3.05) is 45.7 Å². The number of anilines is 1. The van der Waals surface area contributed by atoms with Gasteiger partial charge in [0.05, 0.1) is 43.0 Å². The van der Waals surface area contributed by atoms with E-state index in [4.69, 9.17) is 25.2 Å². The van der Waals surface area contributed by atoms with Gasteiger partial charge in [-0.2, -0.15) is 9.97 Å². The van der Waals surface area contributed by atoms with Gasteiger partial charge in [0.25, 0.3) is 5.91 Å². The Kier molecular flexibility index (Phi) is 6.29. The molecule has 0 radical (unpaired) electrons. The third-order valence-electron chi connectivity index (χ3n) is 7.09. The first kappa shape index (κ1) is 24.1. The number of phenolic OH excluding ortho intramolecular Hbond substituents is 1. The summed E-state index contributed by atoms with van der Waals surface area (Å²) in [5.41, 5.74) is 10.4. The van der Waals surface area contributed by atoms with E-state index in [1.54, 1.807) is 33.3 Å². The summed E-state index contributed by atoms with van der Waals surface area (Å²) in [5, 5.41) is 10.1. The number of carbonyl (C=O) groups excluding carboxylic acids is 1. The number of benzene rings is 1. The van der Waals surface area contributed by atoms with Gasteiger partial charge in [0.15, 0.2) is 0 Å². The van der Waals surface area contributed by atoms with Gasteiger partial charge in [-0.25, -0.2) is 0 Å². The molecule has 0 fully saturated rings. The molecule has 0 saturated carbocycles. The molecule has 10 heteroatoms. The minimum absolute atomic E-state index is 0.149. The van der Waals surface area contributed by atoms with Crippen molar-refractivity contribution in [2.45, 2.75) is 37.9 Å². The number of phenols is 1. The summed E-state index contributed by atoms with van der Waals surface area (Å²) < 4.78 is 12.0. The van der Waals surface area contributed by atoms with E-state index in [0.717, 1.165) is 54.2 Å². The number of aliphatic imine (C=N–C) groups is 1. The van der Waals surface area contributed by atoms with Crippen LogP contribution in [-0.4, -0.2) is 72.4 Å². The Labute approximate surface area is 210 Å². The van der Waals surface area contributed by atoms with Gasteiger partial charge in [0, 0.05) is 39.2 Å². The first-order valence-electron chi connectivity index (χ1n) is 12.2. The lowest BCUT2D eigenvalue weighted by Crippen LogP contribution is -2.37. The van der Waals surface area contributed by atoms with E-state index in [1.807, 2.05) is 12.1 Å². The number of aromatic hydroxyl groups is 1. The van der Waals surface area contributed by atoms with Crippen LogP contribution in [0.4, 0.5) is 5.82 Å². The number of rotatable bonds is 4. The fourth-order valence-corrected chi connectivity index (χ4v) is 5.27. The highest BCUT2D eigenvalue weighted by Crippen LogP contribution is 2.47. The molecule has 0 bridgehead atoms. The fraction of sp³-hybridized carbons (Fsp3) is 0.462. The van der Waals surface area contributed by atoms with Crippen LogP contribution in [-0.2, 0) is 34.6 Å². The van der Waals surface area contributed by atoms with E-state index < -0.39 is 5.60 Å². The quantitative estimate of drug-likeness (QED) is 0.618. The minimum atomic E-state index is -0.521. The summed E-state index contributed by atoms with van der Waals surface area (Å²) in [6, 6.07) is 5.82. The number of amides is 1. The van der Waals surface area contributed by atoms with Gasteiger partial charge >= 0.3 is 6.01 Å². The largest absolute Gasteiger partial charge is 0.508 e. The Balaban J connectivity index is 1.48. The smallest absolute Gasteiger partial charge is 0.318 e. The molecule has 1 amide bonds. The first-order valence-corrected chi connectivity index (χ1v) is 12.2. The normalized spacial score (nSPS) is 21.5. The van der Waals surface area contributed by atoms with Crippen molar-refractivity contribution < 1.29 is 19.4 Å². The Morgan fingerprint density at radius 2 is 2.17 bits per heavy atom. The van der Waals surface area contributed by atoms with Crippen LogP contribution in [0.3, 0.4) is 0 Å². The molecule has 3 heterocycles. The third-order valence-corrected chi connectivity index (χ3v) is 7.09. The van der Waals surface area contributed by atoms with Crippen molar-refractivity contribution >= 4 is 17.4 Å². The standard InChI is InChI=1S/C26H32N6O4/c1-31(2)24(34)21(27)11-17-14-32(10-4-9-28-17)23-19-15-36-26(13-22(19)29-25(30-23)35-3)8-7-16-5-6-18(33)12-20(16)26/h5-6,11-12,33H,4,7-10,13-15,27H2,1-3H3/b21-11-. The maximum absolute atomic E-state index is 12.3. The highest BCUT2D eigenvalue weighted by Gasteiger charge is 2.44. The Morgan fingerprint density at radius 1 is 1.33 bits per heavy atom. The lowest BCUT2D eigenvalue weighted by Gasteiger charge is -2.37. The highest BCUT2D eigenvalue weighted by atomic mass is 16.5. The molecule has 5 rings (SSSR count). The van der Waals surface area contributed by atoms with Crippen LogP contribution in [0.5, 0.6) is 11.8 Å². The number of methoxy groups -OCH3 is 1.